The van der Waals surface area contributed by atoms with Gasteiger partial charge in [-0.1, -0.05) is 74.0 Å². The van der Waals surface area contributed by atoms with Crippen LogP contribution in [0.25, 0.3) is 0 Å². The van der Waals surface area contributed by atoms with Crippen LogP contribution in [0.15, 0.2) is 60.7 Å². The topological polar surface area (TPSA) is 23.6 Å². The van der Waals surface area contributed by atoms with Crippen LogP contribution < -0.4 is 0 Å². The van der Waals surface area contributed by atoms with Gasteiger partial charge >= 0.3 is 0 Å². The number of nitrogens with zero attached hydrogens (tertiary/aromatic N) is 2. The molecule has 2 aromatic carbocycles. The molecule has 0 unspecified atom stereocenters. The molecule has 2 aromatic rings. The van der Waals surface area contributed by atoms with Gasteiger partial charge in [-0.05, 0) is 17.5 Å². The van der Waals surface area contributed by atoms with Gasteiger partial charge < -0.3 is 4.90 Å². The minimum atomic E-state index is -0.214. The molecule has 1 fully saturated rings. The summed E-state index contributed by atoms with van der Waals surface area (Å²) >= 11 is 0. The highest BCUT2D eigenvalue weighted by Gasteiger charge is 2.29. The Morgan fingerprint density at radius 3 is 1.92 bits per heavy atom. The second-order valence-corrected chi connectivity index (χ2v) is 6.59. The standard InChI is InChI=1S/C22H27N2O/c1-2-3-14-23-15-17-24(18-16-23)22(25)21(19-10-6-4-7-11-19)20-12-8-5-9-13-20/h4-14,21H,2-3,15-18H2,1H3. The van der Waals surface area contributed by atoms with Gasteiger partial charge in [0.05, 0.1) is 5.92 Å². The monoisotopic (exact) mass is 335 g/mol. The van der Waals surface area contributed by atoms with Crippen molar-refractivity contribution in [1.82, 2.24) is 9.80 Å². The van der Waals surface area contributed by atoms with Crippen LogP contribution in [-0.4, -0.2) is 41.9 Å². The van der Waals surface area contributed by atoms with E-state index in [0.29, 0.717) is 0 Å². The Balaban J connectivity index is 1.75. The average molecular weight is 335 g/mol. The average Bonchev–Trinajstić information content (AvgIpc) is 2.68. The van der Waals surface area contributed by atoms with Gasteiger partial charge in [-0.15, -0.1) is 0 Å². The molecule has 1 amide bonds. The molecule has 1 radical (unpaired) electrons. The Morgan fingerprint density at radius 1 is 0.920 bits per heavy atom. The summed E-state index contributed by atoms with van der Waals surface area (Å²) in [6.07, 6.45) is 2.29. The first-order valence-electron chi connectivity index (χ1n) is 9.25. The summed E-state index contributed by atoms with van der Waals surface area (Å²) in [6, 6.07) is 20.3. The molecule has 1 saturated heterocycles. The number of piperazine rings is 1. The fourth-order valence-corrected chi connectivity index (χ4v) is 3.39. The van der Waals surface area contributed by atoms with Crippen molar-refractivity contribution >= 4 is 5.91 Å². The molecule has 0 N–H and O–H groups in total. The maximum absolute atomic E-state index is 13.3. The normalized spacial score (nSPS) is 15.5. The van der Waals surface area contributed by atoms with Gasteiger partial charge in [-0.3, -0.25) is 9.69 Å². The highest BCUT2D eigenvalue weighted by molar-refractivity contribution is 5.87. The van der Waals surface area contributed by atoms with Crippen molar-refractivity contribution in [2.75, 3.05) is 26.2 Å². The first kappa shape index (κ1) is 17.7. The molecule has 3 heteroatoms. The largest absolute Gasteiger partial charge is 0.339 e. The van der Waals surface area contributed by atoms with Crippen LogP contribution in [0.1, 0.15) is 36.8 Å². The number of carbonyl (C=O) groups is 1. The fraction of sp³-hybridized carbons (Fsp3) is 0.364. The zero-order chi connectivity index (χ0) is 17.5. The van der Waals surface area contributed by atoms with Crippen molar-refractivity contribution in [2.45, 2.75) is 25.7 Å². The maximum atomic E-state index is 13.3. The summed E-state index contributed by atoms with van der Waals surface area (Å²) < 4.78 is 0. The summed E-state index contributed by atoms with van der Waals surface area (Å²) in [4.78, 5) is 17.7. The van der Waals surface area contributed by atoms with E-state index in [0.717, 1.165) is 43.7 Å². The Kier molecular flexibility index (Phi) is 6.24. The fourth-order valence-electron chi connectivity index (χ4n) is 3.39. The number of carbonyl (C=O) groups excluding carboxylic acids is 1. The van der Waals surface area contributed by atoms with E-state index in [-0.39, 0.29) is 11.8 Å². The molecule has 0 atom stereocenters. The minimum absolute atomic E-state index is 0.214. The molecule has 131 valence electrons. The van der Waals surface area contributed by atoms with E-state index in [1.807, 2.05) is 41.3 Å². The first-order valence-corrected chi connectivity index (χ1v) is 9.25. The van der Waals surface area contributed by atoms with Crippen molar-refractivity contribution < 1.29 is 4.79 Å². The van der Waals surface area contributed by atoms with Crippen molar-refractivity contribution in [3.8, 4) is 0 Å². The molecule has 0 saturated carbocycles. The van der Waals surface area contributed by atoms with E-state index in [2.05, 4.69) is 42.6 Å². The van der Waals surface area contributed by atoms with E-state index in [4.69, 9.17) is 0 Å². The Bertz CT molecular complexity index is 609. The second kappa shape index (κ2) is 8.82. The molecule has 1 heterocycles. The molecule has 1 aliphatic rings. The maximum Gasteiger partial charge on any atom is 0.234 e. The van der Waals surface area contributed by atoms with Crippen LogP contribution in [0.2, 0.25) is 0 Å². The molecule has 0 aliphatic carbocycles. The molecule has 25 heavy (non-hydrogen) atoms. The van der Waals surface area contributed by atoms with Crippen LogP contribution in [0.4, 0.5) is 0 Å². The second-order valence-electron chi connectivity index (χ2n) is 6.59. The van der Waals surface area contributed by atoms with Gasteiger partial charge in [0.2, 0.25) is 5.91 Å². The lowest BCUT2D eigenvalue weighted by molar-refractivity contribution is -0.133. The van der Waals surface area contributed by atoms with Gasteiger partial charge in [0.15, 0.2) is 0 Å². The van der Waals surface area contributed by atoms with Gasteiger partial charge in [0, 0.05) is 32.7 Å². The van der Waals surface area contributed by atoms with Crippen LogP contribution >= 0.6 is 0 Å². The molecular weight excluding hydrogens is 308 g/mol. The number of amides is 1. The number of benzene rings is 2. The predicted molar refractivity (Wildman–Crippen MR) is 102 cm³/mol. The Labute approximate surface area is 151 Å². The number of rotatable bonds is 6. The molecule has 3 rings (SSSR count). The third-order valence-electron chi connectivity index (χ3n) is 4.81. The minimum Gasteiger partial charge on any atom is -0.339 e. The quantitative estimate of drug-likeness (QED) is 0.799. The van der Waals surface area contributed by atoms with Crippen LogP contribution in [0, 0.1) is 6.54 Å². The smallest absolute Gasteiger partial charge is 0.234 e. The van der Waals surface area contributed by atoms with Gasteiger partial charge in [0.25, 0.3) is 0 Å². The lowest BCUT2D eigenvalue weighted by Crippen LogP contribution is -2.49. The number of unbranched alkanes of at least 4 members (excludes halogenated alkanes) is 1. The van der Waals surface area contributed by atoms with Gasteiger partial charge in [0.1, 0.15) is 0 Å². The highest BCUT2D eigenvalue weighted by atomic mass is 16.2. The van der Waals surface area contributed by atoms with Crippen molar-refractivity contribution in [3.05, 3.63) is 78.3 Å². The van der Waals surface area contributed by atoms with E-state index < -0.39 is 0 Å². The van der Waals surface area contributed by atoms with E-state index in [1.165, 1.54) is 6.42 Å². The Morgan fingerprint density at radius 2 is 1.44 bits per heavy atom. The zero-order valence-corrected chi connectivity index (χ0v) is 15.0. The van der Waals surface area contributed by atoms with E-state index >= 15 is 0 Å². The van der Waals surface area contributed by atoms with E-state index in [9.17, 15) is 4.79 Å². The third kappa shape index (κ3) is 4.49. The molecule has 1 aliphatic heterocycles. The SMILES string of the molecule is CCC[CH]N1CCN(C(=O)C(c2ccccc2)c2ccccc2)CC1. The molecular formula is C22H27N2O. The number of hydrogen-bond donors (Lipinski definition) is 0. The summed E-state index contributed by atoms with van der Waals surface area (Å²) in [5.74, 6) is 0.00103. The Hall–Kier alpha value is -2.13. The lowest BCUT2D eigenvalue weighted by atomic mass is 9.90. The van der Waals surface area contributed by atoms with Crippen LogP contribution in [0.3, 0.4) is 0 Å². The zero-order valence-electron chi connectivity index (χ0n) is 15.0. The summed E-state index contributed by atoms with van der Waals surface area (Å²) in [7, 11) is 0. The summed E-state index contributed by atoms with van der Waals surface area (Å²) in [5.41, 5.74) is 2.14. The van der Waals surface area contributed by atoms with Crippen LogP contribution in [-0.2, 0) is 4.79 Å². The molecule has 0 aromatic heterocycles. The third-order valence-corrected chi connectivity index (χ3v) is 4.81. The van der Waals surface area contributed by atoms with Crippen molar-refractivity contribution in [3.63, 3.8) is 0 Å². The molecule has 3 nitrogen and oxygen atoms in total. The molecule has 0 bridgehead atoms. The van der Waals surface area contributed by atoms with Crippen molar-refractivity contribution in [1.29, 1.82) is 0 Å². The summed E-state index contributed by atoms with van der Waals surface area (Å²) in [5, 5.41) is 0. The van der Waals surface area contributed by atoms with Crippen LogP contribution in [0.5, 0.6) is 0 Å². The van der Waals surface area contributed by atoms with Gasteiger partial charge in [-0.25, -0.2) is 0 Å². The predicted octanol–water partition coefficient (Wildman–Crippen LogP) is 3.92. The molecule has 0 spiro atoms. The van der Waals surface area contributed by atoms with Gasteiger partial charge in [-0.2, -0.15) is 0 Å². The summed E-state index contributed by atoms with van der Waals surface area (Å²) in [6.45, 7) is 7.95. The number of hydrogen-bond acceptors (Lipinski definition) is 2. The lowest BCUT2D eigenvalue weighted by Gasteiger charge is -2.36. The van der Waals surface area contributed by atoms with E-state index in [1.54, 1.807) is 0 Å². The highest BCUT2D eigenvalue weighted by Crippen LogP contribution is 2.27. The first-order chi connectivity index (χ1) is 12.3. The van der Waals surface area contributed by atoms with Crippen molar-refractivity contribution in [2.24, 2.45) is 0 Å².